The predicted molar refractivity (Wildman–Crippen MR) is 90.4 cm³/mol. The number of aryl methyl sites for hydroxylation is 1. The smallest absolute Gasteiger partial charge is 0.416 e. The van der Waals surface area contributed by atoms with E-state index in [0.29, 0.717) is 24.4 Å². The fraction of sp³-hybridized carbons (Fsp3) is 0.368. The largest absolute Gasteiger partial charge is 0.472 e. The molecule has 0 saturated carbocycles. The van der Waals surface area contributed by atoms with E-state index in [1.165, 1.54) is 4.90 Å². The molecule has 0 radical (unpaired) electrons. The third kappa shape index (κ3) is 4.99. The Balaban J connectivity index is 1.78. The molecule has 1 amide bonds. The molecule has 10 heteroatoms. The summed E-state index contributed by atoms with van der Waals surface area (Å²) in [5.41, 5.74) is -2.79. The first-order valence-electron chi connectivity index (χ1n) is 8.61. The van der Waals surface area contributed by atoms with E-state index in [4.69, 9.17) is 4.74 Å². The maximum atomic E-state index is 13.0. The van der Waals surface area contributed by atoms with Crippen LogP contribution in [0.4, 0.5) is 26.3 Å². The van der Waals surface area contributed by atoms with Gasteiger partial charge in [-0.25, -0.2) is 4.98 Å². The molecule has 0 N–H and O–H groups in total. The summed E-state index contributed by atoms with van der Waals surface area (Å²) in [6.07, 6.45) is -8.50. The minimum Gasteiger partial charge on any atom is -0.472 e. The van der Waals surface area contributed by atoms with Crippen LogP contribution in [0.15, 0.2) is 36.5 Å². The molecular weight excluding hydrogens is 402 g/mol. The van der Waals surface area contributed by atoms with Gasteiger partial charge >= 0.3 is 12.4 Å². The van der Waals surface area contributed by atoms with Crippen molar-refractivity contribution in [2.75, 3.05) is 13.1 Å². The summed E-state index contributed by atoms with van der Waals surface area (Å²) in [5, 5.41) is 0. The fourth-order valence-corrected chi connectivity index (χ4v) is 2.96. The van der Waals surface area contributed by atoms with E-state index in [0.717, 1.165) is 5.56 Å². The van der Waals surface area contributed by atoms with E-state index >= 15 is 0 Å². The number of carbonyl (C=O) groups excluding carboxylic acids is 1. The number of likely N-dealkylation sites (tertiary alicyclic amines) is 1. The molecule has 2 heterocycles. The van der Waals surface area contributed by atoms with Gasteiger partial charge in [-0.05, 0) is 30.7 Å². The quantitative estimate of drug-likeness (QED) is 0.678. The SMILES string of the molecule is Cc1ccc(O[C@H]2CCN(C(=O)c3cc(C(F)(F)F)cc(C(F)(F)F)c3)C2)nc1. The number of benzene rings is 1. The van der Waals surface area contributed by atoms with Gasteiger partial charge in [-0.3, -0.25) is 4.79 Å². The van der Waals surface area contributed by atoms with Crippen molar-refractivity contribution in [3.63, 3.8) is 0 Å². The topological polar surface area (TPSA) is 42.4 Å². The highest BCUT2D eigenvalue weighted by Gasteiger charge is 2.38. The molecule has 0 bridgehead atoms. The molecule has 1 aliphatic heterocycles. The lowest BCUT2D eigenvalue weighted by Gasteiger charge is -2.19. The van der Waals surface area contributed by atoms with Gasteiger partial charge in [0.05, 0.1) is 17.7 Å². The number of ether oxygens (including phenoxy) is 1. The number of halogens is 6. The van der Waals surface area contributed by atoms with Crippen LogP contribution in [0.2, 0.25) is 0 Å². The monoisotopic (exact) mass is 418 g/mol. The van der Waals surface area contributed by atoms with Gasteiger partial charge in [0.1, 0.15) is 6.10 Å². The molecular formula is C19H16F6N2O2. The second-order valence-corrected chi connectivity index (χ2v) is 6.75. The maximum absolute atomic E-state index is 13.0. The van der Waals surface area contributed by atoms with Crippen molar-refractivity contribution in [2.45, 2.75) is 31.8 Å². The number of alkyl halides is 6. The lowest BCUT2D eigenvalue weighted by molar-refractivity contribution is -0.143. The van der Waals surface area contributed by atoms with E-state index in [1.54, 1.807) is 18.3 Å². The molecule has 1 aromatic carbocycles. The molecule has 1 aromatic heterocycles. The van der Waals surface area contributed by atoms with Crippen LogP contribution in [0, 0.1) is 6.92 Å². The summed E-state index contributed by atoms with van der Waals surface area (Å²) in [7, 11) is 0. The van der Waals surface area contributed by atoms with Gasteiger partial charge in [0.25, 0.3) is 5.91 Å². The first-order chi connectivity index (χ1) is 13.4. The fourth-order valence-electron chi connectivity index (χ4n) is 2.96. The number of amides is 1. The van der Waals surface area contributed by atoms with Crippen LogP contribution in [-0.4, -0.2) is 35.0 Å². The Bertz CT molecular complexity index is 861. The Morgan fingerprint density at radius 1 is 1.07 bits per heavy atom. The summed E-state index contributed by atoms with van der Waals surface area (Å²) >= 11 is 0. The normalized spacial score (nSPS) is 17.5. The first kappa shape index (κ1) is 20.9. The van der Waals surface area contributed by atoms with Crippen molar-refractivity contribution in [3.05, 3.63) is 58.8 Å². The van der Waals surface area contributed by atoms with Crippen molar-refractivity contribution >= 4 is 5.91 Å². The van der Waals surface area contributed by atoms with Crippen LogP contribution >= 0.6 is 0 Å². The average Bonchev–Trinajstić information content (AvgIpc) is 3.09. The summed E-state index contributed by atoms with van der Waals surface area (Å²) in [5.74, 6) is -0.585. The number of rotatable bonds is 3. The molecule has 0 spiro atoms. The highest BCUT2D eigenvalue weighted by Crippen LogP contribution is 2.36. The Labute approximate surface area is 162 Å². The van der Waals surface area contributed by atoms with E-state index in [-0.39, 0.29) is 19.2 Å². The van der Waals surface area contributed by atoms with Crippen LogP contribution in [0.5, 0.6) is 5.88 Å². The van der Waals surface area contributed by atoms with Gasteiger partial charge in [0.15, 0.2) is 0 Å². The van der Waals surface area contributed by atoms with Crippen LogP contribution in [-0.2, 0) is 12.4 Å². The van der Waals surface area contributed by atoms with Crippen LogP contribution in [0.3, 0.4) is 0 Å². The highest BCUT2D eigenvalue weighted by molar-refractivity contribution is 5.95. The van der Waals surface area contributed by atoms with Gasteiger partial charge in [-0.1, -0.05) is 6.07 Å². The first-order valence-corrected chi connectivity index (χ1v) is 8.61. The number of carbonyl (C=O) groups is 1. The summed E-state index contributed by atoms with van der Waals surface area (Å²) in [6, 6.07) is 4.29. The molecule has 1 fully saturated rings. The van der Waals surface area contributed by atoms with Gasteiger partial charge in [-0.2, -0.15) is 26.3 Å². The molecule has 4 nitrogen and oxygen atoms in total. The van der Waals surface area contributed by atoms with Crippen molar-refractivity contribution < 1.29 is 35.9 Å². The summed E-state index contributed by atoms with van der Waals surface area (Å²) in [6.45, 7) is 2.02. The van der Waals surface area contributed by atoms with E-state index in [1.807, 2.05) is 6.92 Å². The van der Waals surface area contributed by atoms with Crippen LogP contribution in [0.25, 0.3) is 0 Å². The Morgan fingerprint density at radius 2 is 1.69 bits per heavy atom. The highest BCUT2D eigenvalue weighted by atomic mass is 19.4. The standard InChI is InChI=1S/C19H16F6N2O2/c1-11-2-3-16(26-9-11)29-15-4-5-27(10-15)17(28)12-6-13(18(20,21)22)8-14(7-12)19(23,24)25/h2-3,6-9,15H,4-5,10H2,1H3/t15-/m0/s1. The Morgan fingerprint density at radius 3 is 2.21 bits per heavy atom. The molecule has 0 aliphatic carbocycles. The Kier molecular flexibility index (Phi) is 5.46. The number of hydrogen-bond acceptors (Lipinski definition) is 3. The second-order valence-electron chi connectivity index (χ2n) is 6.75. The lowest BCUT2D eigenvalue weighted by Crippen LogP contribution is -2.31. The zero-order chi connectivity index (χ0) is 21.4. The number of pyridine rings is 1. The third-order valence-electron chi connectivity index (χ3n) is 4.44. The number of hydrogen-bond donors (Lipinski definition) is 0. The third-order valence-corrected chi connectivity index (χ3v) is 4.44. The summed E-state index contributed by atoms with van der Waals surface area (Å²) in [4.78, 5) is 17.8. The summed E-state index contributed by atoms with van der Waals surface area (Å²) < 4.78 is 83.6. The van der Waals surface area contributed by atoms with E-state index in [9.17, 15) is 31.1 Å². The zero-order valence-electron chi connectivity index (χ0n) is 15.1. The van der Waals surface area contributed by atoms with Gasteiger partial charge in [0.2, 0.25) is 5.88 Å². The molecule has 1 atom stereocenters. The van der Waals surface area contributed by atoms with Crippen molar-refractivity contribution in [3.8, 4) is 5.88 Å². The van der Waals surface area contributed by atoms with E-state index in [2.05, 4.69) is 4.98 Å². The predicted octanol–water partition coefficient (Wildman–Crippen LogP) is 4.72. The molecule has 3 rings (SSSR count). The molecule has 156 valence electrons. The molecule has 0 unspecified atom stereocenters. The zero-order valence-corrected chi connectivity index (χ0v) is 15.1. The van der Waals surface area contributed by atoms with Gasteiger partial charge in [-0.15, -0.1) is 0 Å². The minimum absolute atomic E-state index is 0.00423. The minimum atomic E-state index is -5.01. The molecule has 29 heavy (non-hydrogen) atoms. The van der Waals surface area contributed by atoms with Gasteiger partial charge < -0.3 is 9.64 Å². The van der Waals surface area contributed by atoms with Crippen LogP contribution < -0.4 is 4.74 Å². The molecule has 1 saturated heterocycles. The van der Waals surface area contributed by atoms with Crippen molar-refractivity contribution in [1.82, 2.24) is 9.88 Å². The molecule has 2 aromatic rings. The Hall–Kier alpha value is -2.78. The van der Waals surface area contributed by atoms with Gasteiger partial charge in [0, 0.05) is 30.8 Å². The second kappa shape index (κ2) is 7.57. The maximum Gasteiger partial charge on any atom is 0.416 e. The number of aromatic nitrogens is 1. The van der Waals surface area contributed by atoms with Crippen molar-refractivity contribution in [2.24, 2.45) is 0 Å². The average molecular weight is 418 g/mol. The lowest BCUT2D eigenvalue weighted by atomic mass is 10.0. The van der Waals surface area contributed by atoms with Crippen molar-refractivity contribution in [1.29, 1.82) is 0 Å². The molecule has 1 aliphatic rings. The number of nitrogens with zero attached hydrogens (tertiary/aromatic N) is 2. The van der Waals surface area contributed by atoms with Crippen LogP contribution in [0.1, 0.15) is 33.5 Å². The van der Waals surface area contributed by atoms with E-state index < -0.39 is 41.1 Å².